The third-order valence-electron chi connectivity index (χ3n) is 4.62. The van der Waals surface area contributed by atoms with Crippen LogP contribution in [0.5, 0.6) is 0 Å². The van der Waals surface area contributed by atoms with E-state index in [-0.39, 0.29) is 30.7 Å². The van der Waals surface area contributed by atoms with E-state index in [0.29, 0.717) is 24.4 Å². The first-order valence-corrected chi connectivity index (χ1v) is 8.85. The molecule has 0 fully saturated rings. The summed E-state index contributed by atoms with van der Waals surface area (Å²) in [4.78, 5) is 25.1. The fraction of sp³-hybridized carbons (Fsp3) is 0.333. The molecule has 3 heterocycles. The molecule has 0 radical (unpaired) electrons. The molecule has 24 heavy (non-hydrogen) atoms. The summed E-state index contributed by atoms with van der Waals surface area (Å²) in [5.41, 5.74) is 4.97. The van der Waals surface area contributed by atoms with E-state index in [1.165, 1.54) is 5.56 Å². The van der Waals surface area contributed by atoms with Gasteiger partial charge in [0, 0.05) is 32.0 Å². The van der Waals surface area contributed by atoms with Gasteiger partial charge in [-0.3, -0.25) is 9.59 Å². The van der Waals surface area contributed by atoms with Gasteiger partial charge in [-0.15, -0.1) is 0 Å². The number of rotatable bonds is 1. The third-order valence-corrected chi connectivity index (χ3v) is 5.78. The molecule has 4 rings (SSSR count). The van der Waals surface area contributed by atoms with E-state index < -0.39 is 0 Å². The Bertz CT molecular complexity index is 782. The van der Waals surface area contributed by atoms with E-state index >= 15 is 0 Å². The maximum atomic E-state index is 12.6. The van der Waals surface area contributed by atoms with Gasteiger partial charge in [0.05, 0.1) is 13.2 Å². The van der Waals surface area contributed by atoms with Crippen molar-refractivity contribution in [2.75, 3.05) is 26.4 Å². The molecule has 6 heteroatoms. The number of ketones is 2. The van der Waals surface area contributed by atoms with Gasteiger partial charge in [0.1, 0.15) is 13.2 Å². The van der Waals surface area contributed by atoms with Gasteiger partial charge in [-0.1, -0.05) is 12.1 Å². The van der Waals surface area contributed by atoms with Gasteiger partial charge in [-0.05, 0) is 46.7 Å². The molecule has 5 nitrogen and oxygen atoms in total. The zero-order valence-electron chi connectivity index (χ0n) is 13.1. The first-order valence-electron chi connectivity index (χ1n) is 7.77. The van der Waals surface area contributed by atoms with Gasteiger partial charge in [0.15, 0.2) is 11.6 Å². The highest BCUT2D eigenvalue weighted by Crippen LogP contribution is 2.41. The normalized spacial score (nSPS) is 21.6. The minimum Gasteiger partial charge on any atom is -0.367 e. The Hall–Kier alpha value is -1.51. The van der Waals surface area contributed by atoms with Crippen molar-refractivity contribution in [2.24, 2.45) is 0 Å². The van der Waals surface area contributed by atoms with Crippen molar-refractivity contribution < 1.29 is 19.1 Å². The molecular formula is C18H16INO4. The average Bonchev–Trinajstić information content (AvgIpc) is 2.56. The molecular weight excluding hydrogens is 421 g/mol. The second-order valence-electron chi connectivity index (χ2n) is 6.18. The Morgan fingerprint density at radius 2 is 1.58 bits per heavy atom. The molecule has 0 saturated carbocycles. The van der Waals surface area contributed by atoms with Crippen LogP contribution in [0.1, 0.15) is 17.0 Å². The van der Waals surface area contributed by atoms with Crippen LogP contribution in [0.25, 0.3) is 0 Å². The molecule has 0 bridgehead atoms. The zero-order valence-corrected chi connectivity index (χ0v) is 15.3. The fourth-order valence-electron chi connectivity index (χ4n) is 3.46. The SMILES string of the molecule is Cc1ccc(C2C3=C(COCC3=O)NC3=C2C(=O)COC3)cc1I. The first kappa shape index (κ1) is 16.0. The van der Waals surface area contributed by atoms with Gasteiger partial charge in [-0.2, -0.15) is 0 Å². The summed E-state index contributed by atoms with van der Waals surface area (Å²) >= 11 is 2.29. The summed E-state index contributed by atoms with van der Waals surface area (Å²) in [5, 5.41) is 3.21. The van der Waals surface area contributed by atoms with Crippen molar-refractivity contribution in [1.82, 2.24) is 5.32 Å². The minimum absolute atomic E-state index is 0.0600. The van der Waals surface area contributed by atoms with Crippen molar-refractivity contribution in [3.63, 3.8) is 0 Å². The van der Waals surface area contributed by atoms with Gasteiger partial charge >= 0.3 is 0 Å². The summed E-state index contributed by atoms with van der Waals surface area (Å²) in [7, 11) is 0. The number of halogens is 1. The molecule has 3 aliphatic heterocycles. The molecule has 0 amide bonds. The summed E-state index contributed by atoms with van der Waals surface area (Å²) in [6, 6.07) is 6.11. The lowest BCUT2D eigenvalue weighted by Crippen LogP contribution is -2.42. The molecule has 1 aromatic carbocycles. The lowest BCUT2D eigenvalue weighted by Gasteiger charge is -2.36. The van der Waals surface area contributed by atoms with E-state index in [0.717, 1.165) is 20.5 Å². The van der Waals surface area contributed by atoms with Crippen LogP contribution in [0.4, 0.5) is 0 Å². The number of carbonyl (C=O) groups excluding carboxylic acids is 2. The van der Waals surface area contributed by atoms with Crippen LogP contribution < -0.4 is 5.32 Å². The summed E-state index contributed by atoms with van der Waals surface area (Å²) in [6.07, 6.45) is 0. The molecule has 0 spiro atoms. The second kappa shape index (κ2) is 6.09. The highest BCUT2D eigenvalue weighted by Gasteiger charge is 2.40. The number of aryl methyl sites for hydroxylation is 1. The van der Waals surface area contributed by atoms with E-state index in [4.69, 9.17) is 9.47 Å². The number of dihydropyridines is 1. The third kappa shape index (κ3) is 2.53. The predicted molar refractivity (Wildman–Crippen MR) is 95.5 cm³/mol. The highest BCUT2D eigenvalue weighted by molar-refractivity contribution is 14.1. The summed E-state index contributed by atoms with van der Waals surface area (Å²) in [6.45, 7) is 2.88. The van der Waals surface area contributed by atoms with Crippen LogP contribution in [0.15, 0.2) is 40.7 Å². The van der Waals surface area contributed by atoms with Gasteiger partial charge in [-0.25, -0.2) is 0 Å². The number of hydrogen-bond acceptors (Lipinski definition) is 5. The first-order chi connectivity index (χ1) is 11.6. The predicted octanol–water partition coefficient (Wildman–Crippen LogP) is 1.99. The van der Waals surface area contributed by atoms with Crippen molar-refractivity contribution in [3.8, 4) is 0 Å². The van der Waals surface area contributed by atoms with Crippen LogP contribution >= 0.6 is 22.6 Å². The molecule has 0 saturated heterocycles. The number of carbonyl (C=O) groups is 2. The van der Waals surface area contributed by atoms with Crippen molar-refractivity contribution >= 4 is 34.2 Å². The topological polar surface area (TPSA) is 64.6 Å². The number of hydrogen-bond donors (Lipinski definition) is 1. The Kier molecular flexibility index (Phi) is 4.06. The van der Waals surface area contributed by atoms with E-state index in [2.05, 4.69) is 34.0 Å². The molecule has 0 aromatic heterocycles. The van der Waals surface area contributed by atoms with E-state index in [9.17, 15) is 9.59 Å². The molecule has 0 aliphatic carbocycles. The molecule has 1 aromatic rings. The van der Waals surface area contributed by atoms with Crippen LogP contribution in [-0.2, 0) is 19.1 Å². The van der Waals surface area contributed by atoms with Gasteiger partial charge in [0.25, 0.3) is 0 Å². The Balaban J connectivity index is 1.92. The maximum Gasteiger partial charge on any atom is 0.187 e. The van der Waals surface area contributed by atoms with Crippen LogP contribution in [0.3, 0.4) is 0 Å². The van der Waals surface area contributed by atoms with Crippen molar-refractivity contribution in [1.29, 1.82) is 0 Å². The quantitative estimate of drug-likeness (QED) is 0.682. The van der Waals surface area contributed by atoms with E-state index in [1.807, 2.05) is 19.1 Å². The number of Topliss-reactive ketones (excluding diaryl/α,β-unsaturated/α-hetero) is 2. The highest BCUT2D eigenvalue weighted by atomic mass is 127. The zero-order chi connectivity index (χ0) is 16.8. The number of nitrogens with one attached hydrogen (secondary N) is 1. The molecule has 0 unspecified atom stereocenters. The minimum atomic E-state index is -0.335. The molecule has 3 aliphatic rings. The van der Waals surface area contributed by atoms with Gasteiger partial charge < -0.3 is 14.8 Å². The Morgan fingerprint density at radius 1 is 1.00 bits per heavy atom. The van der Waals surface area contributed by atoms with Crippen LogP contribution in [0, 0.1) is 10.5 Å². The Morgan fingerprint density at radius 3 is 2.12 bits per heavy atom. The molecule has 0 atom stereocenters. The Labute approximate surface area is 153 Å². The summed E-state index contributed by atoms with van der Waals surface area (Å²) < 4.78 is 11.8. The number of benzene rings is 1. The largest absolute Gasteiger partial charge is 0.367 e. The standard InChI is InChI=1S/C18H16INO4/c1-9-2-3-10(4-11(9)19)16-17-12(5-23-7-14(17)21)20-13-6-24-8-15(22)18(13)16/h2-4,16,20H,5-8H2,1H3. The molecule has 1 N–H and O–H groups in total. The van der Waals surface area contributed by atoms with Crippen molar-refractivity contribution in [2.45, 2.75) is 12.8 Å². The lowest BCUT2D eigenvalue weighted by molar-refractivity contribution is -0.122. The second-order valence-corrected chi connectivity index (χ2v) is 7.35. The fourth-order valence-corrected chi connectivity index (χ4v) is 4.00. The van der Waals surface area contributed by atoms with Crippen LogP contribution in [-0.4, -0.2) is 38.0 Å². The maximum absolute atomic E-state index is 12.6. The smallest absolute Gasteiger partial charge is 0.187 e. The van der Waals surface area contributed by atoms with Crippen molar-refractivity contribution in [3.05, 3.63) is 55.4 Å². The monoisotopic (exact) mass is 437 g/mol. The summed E-state index contributed by atoms with van der Waals surface area (Å²) in [5.74, 6) is -0.455. The average molecular weight is 437 g/mol. The van der Waals surface area contributed by atoms with Crippen LogP contribution in [0.2, 0.25) is 0 Å². The molecule has 124 valence electrons. The number of ether oxygens (including phenoxy) is 2. The van der Waals surface area contributed by atoms with Gasteiger partial charge in [0.2, 0.25) is 0 Å². The lowest BCUT2D eigenvalue weighted by atomic mass is 9.76. The van der Waals surface area contributed by atoms with E-state index in [1.54, 1.807) is 0 Å².